The van der Waals surface area contributed by atoms with Crippen LogP contribution < -0.4 is 26.2 Å². The fourth-order valence-corrected chi connectivity index (χ4v) is 3.89. The van der Waals surface area contributed by atoms with Crippen molar-refractivity contribution >= 4 is 35.3 Å². The van der Waals surface area contributed by atoms with E-state index in [0.29, 0.717) is 31.9 Å². The summed E-state index contributed by atoms with van der Waals surface area (Å²) in [6.45, 7) is 5.37. The molecule has 11 nitrogen and oxygen atoms in total. The van der Waals surface area contributed by atoms with Crippen LogP contribution in [0.25, 0.3) is 0 Å². The number of carbonyl (C=O) groups excluding carboxylic acids is 2. The molecule has 0 radical (unpaired) electrons. The van der Waals surface area contributed by atoms with Gasteiger partial charge in [-0.25, -0.2) is 19.0 Å². The summed E-state index contributed by atoms with van der Waals surface area (Å²) in [6.07, 6.45) is -0.583. The highest BCUT2D eigenvalue weighted by Crippen LogP contribution is 2.25. The molecule has 1 aromatic carbocycles. The average Bonchev–Trinajstić information content (AvgIpc) is 2.86. The number of anilines is 2. The molecule has 2 unspecified atom stereocenters. The summed E-state index contributed by atoms with van der Waals surface area (Å²) in [5, 5.41) is 20.4. The summed E-state index contributed by atoms with van der Waals surface area (Å²) in [5.74, 6) is -1.07. The van der Waals surface area contributed by atoms with E-state index >= 15 is 0 Å². The molecule has 5 N–H and O–H groups in total. The number of guanidine groups is 1. The van der Waals surface area contributed by atoms with E-state index in [1.807, 2.05) is 38.1 Å². The van der Waals surface area contributed by atoms with Crippen molar-refractivity contribution < 1.29 is 28.6 Å². The van der Waals surface area contributed by atoms with E-state index in [9.17, 15) is 23.9 Å². The summed E-state index contributed by atoms with van der Waals surface area (Å²) in [7, 11) is 0. The smallest absolute Gasteiger partial charge is 0.407 e. The number of nitrogens with zero attached hydrogens (tertiary/aromatic N) is 2. The highest BCUT2D eigenvalue weighted by molar-refractivity contribution is 5.94. The molecule has 2 atom stereocenters. The number of alkyl halides is 1. The molecular formula is C24H35FN6O5. The van der Waals surface area contributed by atoms with Gasteiger partial charge >= 0.3 is 12.1 Å². The van der Waals surface area contributed by atoms with Gasteiger partial charge in [0.1, 0.15) is 12.2 Å². The van der Waals surface area contributed by atoms with Gasteiger partial charge in [0, 0.05) is 36.9 Å². The third-order valence-corrected chi connectivity index (χ3v) is 5.90. The normalized spacial score (nSPS) is 19.1. The summed E-state index contributed by atoms with van der Waals surface area (Å²) < 4.78 is 18.2. The van der Waals surface area contributed by atoms with Crippen LogP contribution >= 0.6 is 0 Å². The summed E-state index contributed by atoms with van der Waals surface area (Å²) in [4.78, 5) is 42.2. The summed E-state index contributed by atoms with van der Waals surface area (Å²) in [6, 6.07) is 6.52. The zero-order valence-corrected chi connectivity index (χ0v) is 20.6. The number of benzene rings is 1. The number of amides is 2. The maximum atomic E-state index is 13.2. The Labute approximate surface area is 209 Å². The first-order chi connectivity index (χ1) is 17.2. The van der Waals surface area contributed by atoms with E-state index in [2.05, 4.69) is 31.2 Å². The van der Waals surface area contributed by atoms with Crippen LogP contribution in [0.3, 0.4) is 0 Å². The van der Waals surface area contributed by atoms with Gasteiger partial charge in [0.2, 0.25) is 5.91 Å². The minimum atomic E-state index is -1.28. The monoisotopic (exact) mass is 506 g/mol. The number of aliphatic imine (C=N–C) groups is 1. The minimum absolute atomic E-state index is 0.122. The number of carbonyl (C=O) groups is 3. The zero-order chi connectivity index (χ0) is 26.1. The van der Waals surface area contributed by atoms with Crippen molar-refractivity contribution in [1.82, 2.24) is 16.0 Å². The lowest BCUT2D eigenvalue weighted by Gasteiger charge is -2.33. The van der Waals surface area contributed by atoms with Crippen LogP contribution in [0.1, 0.15) is 26.7 Å². The van der Waals surface area contributed by atoms with E-state index in [0.717, 1.165) is 11.4 Å². The molecule has 0 saturated carbocycles. The molecule has 198 valence electrons. The number of alkyl carbamates (subject to hydrolysis) is 1. The molecule has 0 aliphatic carbocycles. The number of ether oxygens (including phenoxy) is 1. The van der Waals surface area contributed by atoms with Crippen LogP contribution in [-0.4, -0.2) is 80.6 Å². The molecule has 2 aliphatic heterocycles. The van der Waals surface area contributed by atoms with Crippen LogP contribution in [-0.2, 0) is 14.3 Å². The van der Waals surface area contributed by atoms with E-state index in [-0.39, 0.29) is 44.0 Å². The topological polar surface area (TPSA) is 144 Å². The largest absolute Gasteiger partial charge is 0.480 e. The lowest BCUT2D eigenvalue weighted by Crippen LogP contribution is -2.50. The fourth-order valence-electron chi connectivity index (χ4n) is 3.89. The van der Waals surface area contributed by atoms with Crippen molar-refractivity contribution in [3.8, 4) is 0 Å². The SMILES string of the molecule is CC(C)COC(=O)NC(CNC(=O)C1CCN(c2cccc(NC3=NCC(F)CN3)c2)CC1)C(=O)O. The molecule has 2 amide bonds. The Morgan fingerprint density at radius 2 is 2.03 bits per heavy atom. The molecule has 1 saturated heterocycles. The van der Waals surface area contributed by atoms with Gasteiger partial charge in [-0.1, -0.05) is 19.9 Å². The molecule has 36 heavy (non-hydrogen) atoms. The summed E-state index contributed by atoms with van der Waals surface area (Å²) >= 11 is 0. The number of hydrogen-bond acceptors (Lipinski definition) is 8. The van der Waals surface area contributed by atoms with Crippen molar-refractivity contribution in [2.75, 3.05) is 49.5 Å². The predicted molar refractivity (Wildman–Crippen MR) is 134 cm³/mol. The van der Waals surface area contributed by atoms with E-state index in [1.165, 1.54) is 0 Å². The van der Waals surface area contributed by atoms with Gasteiger partial charge in [-0.05, 0) is 37.0 Å². The van der Waals surface area contributed by atoms with Crippen LogP contribution in [0.4, 0.5) is 20.6 Å². The van der Waals surface area contributed by atoms with Crippen LogP contribution in [0, 0.1) is 11.8 Å². The Hall–Kier alpha value is -3.57. The van der Waals surface area contributed by atoms with Gasteiger partial charge in [-0.15, -0.1) is 0 Å². The van der Waals surface area contributed by atoms with Gasteiger partial charge < -0.3 is 36.0 Å². The van der Waals surface area contributed by atoms with Crippen molar-refractivity contribution in [2.24, 2.45) is 16.8 Å². The van der Waals surface area contributed by atoms with Crippen molar-refractivity contribution in [3.63, 3.8) is 0 Å². The fraction of sp³-hybridized carbons (Fsp3) is 0.583. The third kappa shape index (κ3) is 8.28. The maximum Gasteiger partial charge on any atom is 0.407 e. The molecule has 2 aliphatic rings. The number of carboxylic acids is 1. The van der Waals surface area contributed by atoms with Crippen LogP contribution in [0.5, 0.6) is 0 Å². The van der Waals surface area contributed by atoms with Gasteiger partial charge in [0.05, 0.1) is 19.7 Å². The first kappa shape index (κ1) is 27.0. The standard InChI is InChI=1S/C24H35FN6O5/c1-15(2)14-36-24(35)30-20(22(33)34)13-26-21(32)16-6-8-31(9-7-16)19-5-3-4-18(10-19)29-23-27-11-17(25)12-28-23/h3-5,10,15-17,20H,6-9,11-14H2,1-2H3,(H,26,32)(H,30,35)(H,33,34)(H2,27,28,29). The average molecular weight is 507 g/mol. The second-order valence-electron chi connectivity index (χ2n) is 9.38. The van der Waals surface area contributed by atoms with Gasteiger partial charge in [0.15, 0.2) is 5.96 Å². The highest BCUT2D eigenvalue weighted by Gasteiger charge is 2.27. The number of aliphatic carboxylic acids is 1. The quantitative estimate of drug-likeness (QED) is 0.339. The summed E-state index contributed by atoms with van der Waals surface area (Å²) in [5.41, 5.74) is 1.82. The number of rotatable bonds is 9. The number of carboxylic acid groups (broad SMARTS) is 1. The third-order valence-electron chi connectivity index (χ3n) is 5.90. The second kappa shape index (κ2) is 12.9. The Balaban J connectivity index is 1.45. The van der Waals surface area contributed by atoms with Crippen molar-refractivity contribution in [3.05, 3.63) is 24.3 Å². The first-order valence-corrected chi connectivity index (χ1v) is 12.2. The first-order valence-electron chi connectivity index (χ1n) is 12.2. The predicted octanol–water partition coefficient (Wildman–Crippen LogP) is 1.56. The molecule has 1 fully saturated rings. The maximum absolute atomic E-state index is 13.2. The van der Waals surface area contributed by atoms with Gasteiger partial charge in [-0.3, -0.25) is 4.79 Å². The number of hydrogen-bond donors (Lipinski definition) is 5. The molecule has 2 heterocycles. The van der Waals surface area contributed by atoms with E-state index in [1.54, 1.807) is 0 Å². The molecular weight excluding hydrogens is 471 g/mol. The Bertz CT molecular complexity index is 951. The minimum Gasteiger partial charge on any atom is -0.480 e. The molecule has 3 rings (SSSR count). The number of piperidine rings is 1. The molecule has 0 bridgehead atoms. The highest BCUT2D eigenvalue weighted by atomic mass is 19.1. The molecule has 1 aromatic rings. The van der Waals surface area contributed by atoms with Crippen LogP contribution in [0.15, 0.2) is 29.3 Å². The molecule has 0 spiro atoms. The van der Waals surface area contributed by atoms with Crippen molar-refractivity contribution in [2.45, 2.75) is 38.9 Å². The Morgan fingerprint density at radius 1 is 1.28 bits per heavy atom. The lowest BCUT2D eigenvalue weighted by atomic mass is 9.95. The Morgan fingerprint density at radius 3 is 2.67 bits per heavy atom. The second-order valence-corrected chi connectivity index (χ2v) is 9.38. The lowest BCUT2D eigenvalue weighted by molar-refractivity contribution is -0.139. The zero-order valence-electron chi connectivity index (χ0n) is 20.6. The Kier molecular flexibility index (Phi) is 9.71. The molecule has 0 aromatic heterocycles. The van der Waals surface area contributed by atoms with Crippen LogP contribution in [0.2, 0.25) is 0 Å². The molecule has 12 heteroatoms. The number of nitrogens with one attached hydrogen (secondary N) is 4. The van der Waals surface area contributed by atoms with E-state index < -0.39 is 24.3 Å². The van der Waals surface area contributed by atoms with Gasteiger partial charge in [-0.2, -0.15) is 0 Å². The van der Waals surface area contributed by atoms with Gasteiger partial charge in [0.25, 0.3) is 0 Å². The van der Waals surface area contributed by atoms with Crippen molar-refractivity contribution in [1.29, 1.82) is 0 Å². The number of halogens is 1. The van der Waals surface area contributed by atoms with E-state index in [4.69, 9.17) is 4.74 Å².